The zero-order valence-electron chi connectivity index (χ0n) is 12.5. The Morgan fingerprint density at radius 1 is 1.00 bits per heavy atom. The first-order valence-corrected chi connectivity index (χ1v) is 7.51. The van der Waals surface area contributed by atoms with Gasteiger partial charge in [0.1, 0.15) is 11.5 Å². The lowest BCUT2D eigenvalue weighted by Crippen LogP contribution is -2.19. The molecule has 1 saturated heterocycles. The van der Waals surface area contributed by atoms with Gasteiger partial charge in [-0.2, -0.15) is 13.2 Å². The Morgan fingerprint density at radius 3 is 2.54 bits per heavy atom. The number of halogens is 3. The Bertz CT molecular complexity index is 882. The van der Waals surface area contributed by atoms with E-state index < -0.39 is 11.9 Å². The molecular formula is C15H13F3N6. The van der Waals surface area contributed by atoms with E-state index in [1.807, 2.05) is 0 Å². The molecule has 24 heavy (non-hydrogen) atoms. The average molecular weight is 334 g/mol. The smallest absolute Gasteiger partial charge is 0.356 e. The monoisotopic (exact) mass is 334 g/mol. The lowest BCUT2D eigenvalue weighted by Gasteiger charge is -2.16. The third-order valence-corrected chi connectivity index (χ3v) is 3.99. The van der Waals surface area contributed by atoms with Gasteiger partial charge < -0.3 is 4.90 Å². The maximum atomic E-state index is 12.9. The van der Waals surface area contributed by atoms with E-state index in [-0.39, 0.29) is 0 Å². The van der Waals surface area contributed by atoms with Crippen molar-refractivity contribution in [3.8, 4) is 11.5 Å². The largest absolute Gasteiger partial charge is 0.434 e. The SMILES string of the molecule is FC(F)(F)c1cn2c(-c3nccc(N4CCCC4)n3)cnc2cn1. The van der Waals surface area contributed by atoms with Crippen LogP contribution in [0.4, 0.5) is 19.0 Å². The molecule has 0 spiro atoms. The Kier molecular flexibility index (Phi) is 3.36. The fraction of sp³-hybridized carbons (Fsp3) is 0.333. The van der Waals surface area contributed by atoms with E-state index in [2.05, 4.69) is 24.8 Å². The molecule has 1 aliphatic rings. The van der Waals surface area contributed by atoms with Gasteiger partial charge in [-0.25, -0.2) is 19.9 Å². The molecule has 0 amide bonds. The normalized spacial score (nSPS) is 15.4. The Balaban J connectivity index is 1.80. The van der Waals surface area contributed by atoms with Gasteiger partial charge in [-0.15, -0.1) is 0 Å². The second-order valence-electron chi connectivity index (χ2n) is 5.57. The molecule has 0 saturated carbocycles. The molecule has 0 unspecified atom stereocenters. The second kappa shape index (κ2) is 5.43. The number of nitrogens with zero attached hydrogens (tertiary/aromatic N) is 6. The van der Waals surface area contributed by atoms with Crippen LogP contribution in [0, 0.1) is 0 Å². The summed E-state index contributed by atoms with van der Waals surface area (Å²) in [6, 6.07) is 1.81. The number of imidazole rings is 1. The van der Waals surface area contributed by atoms with E-state index in [0.29, 0.717) is 17.2 Å². The minimum Gasteiger partial charge on any atom is -0.356 e. The number of rotatable bonds is 2. The van der Waals surface area contributed by atoms with Crippen LogP contribution in [0.5, 0.6) is 0 Å². The van der Waals surface area contributed by atoms with Crippen molar-refractivity contribution in [2.45, 2.75) is 19.0 Å². The first kappa shape index (κ1) is 14.9. The third kappa shape index (κ3) is 2.55. The van der Waals surface area contributed by atoms with Crippen LogP contribution in [0.1, 0.15) is 18.5 Å². The second-order valence-corrected chi connectivity index (χ2v) is 5.57. The summed E-state index contributed by atoms with van der Waals surface area (Å²) in [5.74, 6) is 1.11. The third-order valence-electron chi connectivity index (χ3n) is 3.99. The Morgan fingerprint density at radius 2 is 1.79 bits per heavy atom. The summed E-state index contributed by atoms with van der Waals surface area (Å²) in [5, 5.41) is 0. The molecule has 1 fully saturated rings. The molecule has 1 aliphatic heterocycles. The molecule has 6 nitrogen and oxygen atoms in total. The van der Waals surface area contributed by atoms with Crippen LogP contribution in [0.25, 0.3) is 17.2 Å². The zero-order valence-corrected chi connectivity index (χ0v) is 12.5. The number of fused-ring (bicyclic) bond motifs is 1. The molecule has 9 heteroatoms. The molecule has 0 N–H and O–H groups in total. The highest BCUT2D eigenvalue weighted by molar-refractivity contribution is 5.58. The van der Waals surface area contributed by atoms with Crippen LogP contribution >= 0.6 is 0 Å². The fourth-order valence-electron chi connectivity index (χ4n) is 2.80. The van der Waals surface area contributed by atoms with Gasteiger partial charge >= 0.3 is 6.18 Å². The standard InChI is InChI=1S/C15H13F3N6/c16-15(17,18)11-9-24-10(7-21-13(24)8-20-11)14-19-4-3-12(22-14)23-5-1-2-6-23/h3-4,7-9H,1-2,5-6H2. The molecule has 0 atom stereocenters. The van der Waals surface area contributed by atoms with E-state index in [4.69, 9.17) is 0 Å². The molecular weight excluding hydrogens is 321 g/mol. The van der Waals surface area contributed by atoms with Crippen molar-refractivity contribution in [3.63, 3.8) is 0 Å². The number of aromatic nitrogens is 5. The van der Waals surface area contributed by atoms with Crippen molar-refractivity contribution in [2.75, 3.05) is 18.0 Å². The summed E-state index contributed by atoms with van der Waals surface area (Å²) in [6.07, 6.45) is 2.78. The van der Waals surface area contributed by atoms with Gasteiger partial charge in [0.2, 0.25) is 0 Å². The van der Waals surface area contributed by atoms with E-state index in [1.165, 1.54) is 10.6 Å². The van der Waals surface area contributed by atoms with Crippen molar-refractivity contribution in [1.82, 2.24) is 24.3 Å². The number of hydrogen-bond acceptors (Lipinski definition) is 5. The van der Waals surface area contributed by atoms with Crippen molar-refractivity contribution in [2.24, 2.45) is 0 Å². The first-order chi connectivity index (χ1) is 11.5. The van der Waals surface area contributed by atoms with Crippen LogP contribution in [0.15, 0.2) is 30.9 Å². The van der Waals surface area contributed by atoms with Crippen molar-refractivity contribution in [1.29, 1.82) is 0 Å². The summed E-state index contributed by atoms with van der Waals surface area (Å²) in [6.45, 7) is 1.84. The lowest BCUT2D eigenvalue weighted by molar-refractivity contribution is -0.141. The highest BCUT2D eigenvalue weighted by Gasteiger charge is 2.33. The highest BCUT2D eigenvalue weighted by atomic mass is 19.4. The highest BCUT2D eigenvalue weighted by Crippen LogP contribution is 2.29. The van der Waals surface area contributed by atoms with Gasteiger partial charge in [0.25, 0.3) is 0 Å². The van der Waals surface area contributed by atoms with Gasteiger partial charge in [0.15, 0.2) is 17.2 Å². The van der Waals surface area contributed by atoms with Gasteiger partial charge in [0.05, 0.1) is 12.4 Å². The van der Waals surface area contributed by atoms with Gasteiger partial charge in [0, 0.05) is 25.5 Å². The van der Waals surface area contributed by atoms with Crippen molar-refractivity contribution >= 4 is 11.5 Å². The summed E-state index contributed by atoms with van der Waals surface area (Å²) >= 11 is 0. The topological polar surface area (TPSA) is 59.2 Å². The van der Waals surface area contributed by atoms with Crippen LogP contribution in [-0.2, 0) is 6.18 Å². The van der Waals surface area contributed by atoms with Crippen molar-refractivity contribution in [3.05, 3.63) is 36.5 Å². The van der Waals surface area contributed by atoms with Crippen LogP contribution < -0.4 is 4.90 Å². The van der Waals surface area contributed by atoms with E-state index in [0.717, 1.165) is 44.1 Å². The van der Waals surface area contributed by atoms with E-state index in [9.17, 15) is 13.2 Å². The minimum absolute atomic E-state index is 0.313. The maximum Gasteiger partial charge on any atom is 0.434 e. The summed E-state index contributed by atoms with van der Waals surface area (Å²) in [5.41, 5.74) is -0.267. The molecule has 3 aromatic heterocycles. The summed E-state index contributed by atoms with van der Waals surface area (Å²) in [4.78, 5) is 18.3. The molecule has 0 bridgehead atoms. The maximum absolute atomic E-state index is 12.9. The number of anilines is 1. The average Bonchev–Trinajstić information content (AvgIpc) is 3.23. The van der Waals surface area contributed by atoms with Crippen LogP contribution in [-0.4, -0.2) is 37.4 Å². The fourth-order valence-corrected chi connectivity index (χ4v) is 2.80. The van der Waals surface area contributed by atoms with Crippen LogP contribution in [0.3, 0.4) is 0 Å². The molecule has 124 valence electrons. The molecule has 0 radical (unpaired) electrons. The molecule has 4 heterocycles. The quantitative estimate of drug-likeness (QED) is 0.721. The van der Waals surface area contributed by atoms with Gasteiger partial charge in [-0.05, 0) is 18.9 Å². The van der Waals surface area contributed by atoms with Crippen LogP contribution in [0.2, 0.25) is 0 Å². The van der Waals surface area contributed by atoms with E-state index in [1.54, 1.807) is 12.3 Å². The zero-order chi connectivity index (χ0) is 16.7. The lowest BCUT2D eigenvalue weighted by atomic mass is 10.4. The van der Waals surface area contributed by atoms with E-state index >= 15 is 0 Å². The van der Waals surface area contributed by atoms with Crippen molar-refractivity contribution < 1.29 is 13.2 Å². The number of alkyl halides is 3. The molecule has 3 aromatic rings. The molecule has 4 rings (SSSR count). The molecule has 0 aromatic carbocycles. The minimum atomic E-state index is -4.52. The Hall–Kier alpha value is -2.71. The summed E-state index contributed by atoms with van der Waals surface area (Å²) < 4.78 is 40.0. The van der Waals surface area contributed by atoms with Gasteiger partial charge in [-0.3, -0.25) is 4.40 Å². The molecule has 0 aliphatic carbocycles. The first-order valence-electron chi connectivity index (χ1n) is 7.51. The van der Waals surface area contributed by atoms with Gasteiger partial charge in [-0.1, -0.05) is 0 Å². The Labute approximate surface area is 135 Å². The predicted molar refractivity (Wildman–Crippen MR) is 80.5 cm³/mol. The number of hydrogen-bond donors (Lipinski definition) is 0. The summed E-state index contributed by atoms with van der Waals surface area (Å²) in [7, 11) is 0. The predicted octanol–water partition coefficient (Wildman–Crippen LogP) is 2.81.